The lowest BCUT2D eigenvalue weighted by Gasteiger charge is -2.18. The molecule has 0 unspecified atom stereocenters. The zero-order valence-corrected chi connectivity index (χ0v) is 25.9. The second-order valence-corrected chi connectivity index (χ2v) is 10.8. The molecule has 41 heavy (non-hydrogen) atoms. The average Bonchev–Trinajstić information content (AvgIpc) is 2.92. The Morgan fingerprint density at radius 3 is 2.46 bits per heavy atom. The van der Waals surface area contributed by atoms with Gasteiger partial charge < -0.3 is 19.9 Å². The zero-order valence-electron chi connectivity index (χ0n) is 23.7. The SMILES string of the molecule is CCOc1cc(C)c(-c2nc3ccccc3c(=O)n2N=Cc2cc(I)c(OCC(N)=O)c(OCC)c2)cc1C(C)C. The lowest BCUT2D eigenvalue weighted by molar-refractivity contribution is -0.119. The third-order valence-electron chi connectivity index (χ3n) is 6.29. The molecule has 1 aromatic heterocycles. The van der Waals surface area contributed by atoms with Crippen molar-refractivity contribution in [3.8, 4) is 28.6 Å². The number of nitrogens with zero attached hydrogens (tertiary/aromatic N) is 3. The fourth-order valence-electron chi connectivity index (χ4n) is 4.41. The number of para-hydroxylation sites is 1. The molecule has 214 valence electrons. The van der Waals surface area contributed by atoms with Crippen molar-refractivity contribution in [1.29, 1.82) is 0 Å². The van der Waals surface area contributed by atoms with E-state index in [0.717, 1.165) is 22.4 Å². The van der Waals surface area contributed by atoms with Crippen LogP contribution in [0.3, 0.4) is 0 Å². The predicted octanol–water partition coefficient (Wildman–Crippen LogP) is 5.64. The van der Waals surface area contributed by atoms with E-state index in [0.29, 0.717) is 50.6 Å². The maximum absolute atomic E-state index is 13.8. The van der Waals surface area contributed by atoms with Gasteiger partial charge in [0.2, 0.25) is 0 Å². The van der Waals surface area contributed by atoms with Crippen molar-refractivity contribution in [2.24, 2.45) is 10.8 Å². The fraction of sp³-hybridized carbons (Fsp3) is 0.290. The molecular formula is C31H33IN4O5. The molecule has 0 aliphatic rings. The first-order chi connectivity index (χ1) is 19.6. The Hall–Kier alpha value is -3.93. The summed E-state index contributed by atoms with van der Waals surface area (Å²) in [4.78, 5) is 29.9. The van der Waals surface area contributed by atoms with Crippen LogP contribution in [0.15, 0.2) is 58.4 Å². The Morgan fingerprint density at radius 2 is 1.78 bits per heavy atom. The van der Waals surface area contributed by atoms with Crippen LogP contribution in [0, 0.1) is 10.5 Å². The number of carbonyl (C=O) groups is 1. The summed E-state index contributed by atoms with van der Waals surface area (Å²) < 4.78 is 19.3. The Labute approximate surface area is 252 Å². The summed E-state index contributed by atoms with van der Waals surface area (Å²) in [5, 5.41) is 5.09. The number of nitrogens with two attached hydrogens (primary N) is 1. The molecule has 2 N–H and O–H groups in total. The number of primary amides is 1. The van der Waals surface area contributed by atoms with Gasteiger partial charge in [-0.2, -0.15) is 9.78 Å². The highest BCUT2D eigenvalue weighted by Crippen LogP contribution is 2.35. The molecule has 4 rings (SSSR count). The van der Waals surface area contributed by atoms with Gasteiger partial charge in [-0.15, -0.1) is 0 Å². The number of hydrogen-bond acceptors (Lipinski definition) is 7. The molecule has 0 aliphatic heterocycles. The molecule has 1 heterocycles. The molecule has 0 atom stereocenters. The number of ether oxygens (including phenoxy) is 3. The van der Waals surface area contributed by atoms with Crippen molar-refractivity contribution in [2.75, 3.05) is 19.8 Å². The summed E-state index contributed by atoms with van der Waals surface area (Å²) >= 11 is 2.10. The quantitative estimate of drug-likeness (QED) is 0.163. The van der Waals surface area contributed by atoms with Crippen LogP contribution in [0.25, 0.3) is 22.3 Å². The normalized spacial score (nSPS) is 11.4. The second-order valence-electron chi connectivity index (χ2n) is 9.62. The number of rotatable bonds is 11. The van der Waals surface area contributed by atoms with Crippen molar-refractivity contribution < 1.29 is 19.0 Å². The molecule has 0 saturated carbocycles. The molecule has 0 spiro atoms. The number of carbonyl (C=O) groups excluding carboxylic acids is 1. The number of aryl methyl sites for hydroxylation is 1. The van der Waals surface area contributed by atoms with E-state index in [-0.39, 0.29) is 18.1 Å². The first-order valence-electron chi connectivity index (χ1n) is 13.4. The van der Waals surface area contributed by atoms with Gasteiger partial charge in [0.05, 0.1) is 33.9 Å². The van der Waals surface area contributed by atoms with Crippen molar-refractivity contribution in [3.63, 3.8) is 0 Å². The Morgan fingerprint density at radius 1 is 1.07 bits per heavy atom. The smallest absolute Gasteiger partial charge is 0.282 e. The van der Waals surface area contributed by atoms with E-state index in [9.17, 15) is 9.59 Å². The van der Waals surface area contributed by atoms with Gasteiger partial charge in [-0.25, -0.2) is 4.98 Å². The van der Waals surface area contributed by atoms with Crippen molar-refractivity contribution >= 4 is 45.6 Å². The number of amides is 1. The van der Waals surface area contributed by atoms with Gasteiger partial charge >= 0.3 is 0 Å². The van der Waals surface area contributed by atoms with Crippen LogP contribution in [-0.4, -0.2) is 41.6 Å². The van der Waals surface area contributed by atoms with E-state index < -0.39 is 5.91 Å². The minimum Gasteiger partial charge on any atom is -0.494 e. The average molecular weight is 669 g/mol. The van der Waals surface area contributed by atoms with Crippen LogP contribution < -0.4 is 25.5 Å². The van der Waals surface area contributed by atoms with E-state index in [1.807, 2.05) is 51.1 Å². The Kier molecular flexibility index (Phi) is 9.64. The molecule has 0 saturated heterocycles. The minimum atomic E-state index is -0.588. The van der Waals surface area contributed by atoms with Crippen molar-refractivity contribution in [2.45, 2.75) is 40.5 Å². The van der Waals surface area contributed by atoms with Crippen LogP contribution in [0.4, 0.5) is 0 Å². The van der Waals surface area contributed by atoms with Gasteiger partial charge in [0.1, 0.15) is 5.75 Å². The first kappa shape index (κ1) is 30.0. The standard InChI is InChI=1S/C31H33IN4O5/c1-6-39-26-12-19(5)23(15-22(26)18(3)4)30-35-25-11-9-8-10-21(25)31(38)36(30)34-16-20-13-24(32)29(41-17-28(33)37)27(14-20)40-7-2/h8-16,18H,6-7,17H2,1-5H3,(H2,33,37). The molecule has 0 aliphatic carbocycles. The monoisotopic (exact) mass is 668 g/mol. The van der Waals surface area contributed by atoms with Gasteiger partial charge in [-0.3, -0.25) is 9.59 Å². The molecule has 0 fully saturated rings. The van der Waals surface area contributed by atoms with E-state index in [1.165, 1.54) is 4.68 Å². The van der Waals surface area contributed by atoms with Gasteiger partial charge in [-0.05, 0) is 102 Å². The van der Waals surface area contributed by atoms with E-state index in [4.69, 9.17) is 24.9 Å². The topological polar surface area (TPSA) is 118 Å². The summed E-state index contributed by atoms with van der Waals surface area (Å²) in [6.45, 7) is 10.6. The van der Waals surface area contributed by atoms with Crippen molar-refractivity contribution in [1.82, 2.24) is 9.66 Å². The number of halogens is 1. The summed E-state index contributed by atoms with van der Waals surface area (Å²) in [5.74, 6) is 1.70. The lowest BCUT2D eigenvalue weighted by atomic mass is 9.96. The van der Waals surface area contributed by atoms with Gasteiger partial charge in [0.15, 0.2) is 23.9 Å². The van der Waals surface area contributed by atoms with Crippen LogP contribution in [0.5, 0.6) is 17.2 Å². The summed E-state index contributed by atoms with van der Waals surface area (Å²) in [7, 11) is 0. The molecule has 9 nitrogen and oxygen atoms in total. The van der Waals surface area contributed by atoms with Crippen LogP contribution in [0.2, 0.25) is 0 Å². The number of fused-ring (bicyclic) bond motifs is 1. The molecular weight excluding hydrogens is 635 g/mol. The second kappa shape index (κ2) is 13.2. The number of benzene rings is 3. The summed E-state index contributed by atoms with van der Waals surface area (Å²) in [6, 6.07) is 14.8. The van der Waals surface area contributed by atoms with E-state index >= 15 is 0 Å². The van der Waals surface area contributed by atoms with Gasteiger partial charge in [-0.1, -0.05) is 26.0 Å². The summed E-state index contributed by atoms with van der Waals surface area (Å²) in [6.07, 6.45) is 1.58. The maximum Gasteiger partial charge on any atom is 0.282 e. The molecule has 0 bridgehead atoms. The maximum atomic E-state index is 13.8. The number of hydrogen-bond donors (Lipinski definition) is 1. The molecule has 0 radical (unpaired) electrons. The largest absolute Gasteiger partial charge is 0.494 e. The molecule has 1 amide bonds. The molecule has 10 heteroatoms. The van der Waals surface area contributed by atoms with E-state index in [2.05, 4.69) is 41.5 Å². The predicted molar refractivity (Wildman–Crippen MR) is 169 cm³/mol. The Bertz CT molecular complexity index is 1680. The van der Waals surface area contributed by atoms with Gasteiger partial charge in [0.25, 0.3) is 11.5 Å². The first-order valence-corrected chi connectivity index (χ1v) is 14.4. The van der Waals surface area contributed by atoms with Crippen LogP contribution >= 0.6 is 22.6 Å². The lowest BCUT2D eigenvalue weighted by Crippen LogP contribution is -2.21. The van der Waals surface area contributed by atoms with E-state index in [1.54, 1.807) is 24.4 Å². The van der Waals surface area contributed by atoms with Crippen molar-refractivity contribution in [3.05, 3.63) is 79.1 Å². The highest BCUT2D eigenvalue weighted by atomic mass is 127. The van der Waals surface area contributed by atoms with Crippen LogP contribution in [0.1, 0.15) is 50.3 Å². The van der Waals surface area contributed by atoms with Crippen LogP contribution in [-0.2, 0) is 4.79 Å². The zero-order chi connectivity index (χ0) is 29.7. The van der Waals surface area contributed by atoms with Gasteiger partial charge in [0, 0.05) is 5.56 Å². The third-order valence-corrected chi connectivity index (χ3v) is 7.09. The third kappa shape index (κ3) is 6.70. The molecule has 4 aromatic rings. The minimum absolute atomic E-state index is 0.189. The Balaban J connectivity index is 1.90. The highest BCUT2D eigenvalue weighted by Gasteiger charge is 2.19. The highest BCUT2D eigenvalue weighted by molar-refractivity contribution is 14.1. The fourth-order valence-corrected chi connectivity index (χ4v) is 5.19. The number of aromatic nitrogens is 2. The summed E-state index contributed by atoms with van der Waals surface area (Å²) in [5.41, 5.74) is 8.94. The molecule has 3 aromatic carbocycles.